The van der Waals surface area contributed by atoms with Gasteiger partial charge in [0.25, 0.3) is 5.89 Å². The average Bonchev–Trinajstić information content (AvgIpc) is 2.98. The number of anilines is 1. The largest absolute Gasteiger partial charge is 0.389 e. The molecule has 3 heterocycles. The first-order valence-corrected chi connectivity index (χ1v) is 5.44. The first kappa shape index (κ1) is 9.90. The number of nitrogen functional groups attached to an aromatic ring is 1. The van der Waals surface area contributed by atoms with E-state index in [1.165, 1.54) is 17.9 Å². The van der Waals surface area contributed by atoms with Crippen molar-refractivity contribution in [1.82, 2.24) is 29.7 Å². The highest BCUT2D eigenvalue weighted by molar-refractivity contribution is 7.10. The molecule has 0 spiro atoms. The fraction of sp³-hybridized carbons (Fsp3) is 0.125. The van der Waals surface area contributed by atoms with Crippen LogP contribution in [0.3, 0.4) is 0 Å². The van der Waals surface area contributed by atoms with E-state index in [1.54, 1.807) is 0 Å². The average molecular weight is 249 g/mol. The summed E-state index contributed by atoms with van der Waals surface area (Å²) in [7, 11) is 0. The van der Waals surface area contributed by atoms with Gasteiger partial charge >= 0.3 is 0 Å². The van der Waals surface area contributed by atoms with Gasteiger partial charge in [-0.1, -0.05) is 5.16 Å². The van der Waals surface area contributed by atoms with Crippen molar-refractivity contribution in [3.63, 3.8) is 0 Å². The fourth-order valence-electron chi connectivity index (χ4n) is 1.38. The number of aromatic amines is 1. The second-order valence-electron chi connectivity index (χ2n) is 3.26. The van der Waals surface area contributed by atoms with Crippen LogP contribution in [0.1, 0.15) is 5.69 Å². The fourth-order valence-corrected chi connectivity index (χ4v) is 2.03. The van der Waals surface area contributed by atoms with Crippen LogP contribution in [0.2, 0.25) is 0 Å². The number of H-pyrrole nitrogens is 1. The first-order chi connectivity index (χ1) is 8.25. The van der Waals surface area contributed by atoms with Crippen molar-refractivity contribution < 1.29 is 4.52 Å². The Morgan fingerprint density at radius 3 is 3.00 bits per heavy atom. The Labute approximate surface area is 99.1 Å². The minimum absolute atomic E-state index is 0.333. The predicted molar refractivity (Wildman–Crippen MR) is 59.9 cm³/mol. The van der Waals surface area contributed by atoms with Crippen molar-refractivity contribution >= 4 is 16.5 Å². The van der Waals surface area contributed by atoms with E-state index in [9.17, 15) is 0 Å². The number of aryl methyl sites for hydroxylation is 1. The highest BCUT2D eigenvalue weighted by Gasteiger charge is 2.18. The van der Waals surface area contributed by atoms with Crippen molar-refractivity contribution in [2.45, 2.75) is 6.92 Å². The number of rotatable bonds is 2. The maximum absolute atomic E-state index is 5.79. The standard InChI is InChI=1S/C8H7N7OS/c1-3-4(5(9)17-15-3)8-12-7(14-16-8)6-10-2-11-13-6/h2H,9H2,1H3,(H,10,11,13). The molecule has 0 saturated heterocycles. The molecule has 0 unspecified atom stereocenters. The Morgan fingerprint density at radius 2 is 2.35 bits per heavy atom. The van der Waals surface area contributed by atoms with Gasteiger partial charge in [0.15, 0.2) is 5.82 Å². The number of hydrogen-bond donors (Lipinski definition) is 2. The summed E-state index contributed by atoms with van der Waals surface area (Å²) < 4.78 is 9.25. The number of aromatic nitrogens is 6. The van der Waals surface area contributed by atoms with Gasteiger partial charge in [0.05, 0.1) is 11.3 Å². The maximum atomic E-state index is 5.79. The maximum Gasteiger partial charge on any atom is 0.263 e. The van der Waals surface area contributed by atoms with Crippen LogP contribution in [-0.2, 0) is 0 Å². The molecular weight excluding hydrogens is 242 g/mol. The Bertz CT molecular complexity index is 621. The van der Waals surface area contributed by atoms with Gasteiger partial charge in [-0.3, -0.25) is 5.10 Å². The molecule has 3 N–H and O–H groups in total. The van der Waals surface area contributed by atoms with Crippen LogP contribution in [-0.4, -0.2) is 29.7 Å². The third-order valence-electron chi connectivity index (χ3n) is 2.16. The topological polar surface area (TPSA) is 119 Å². The molecule has 0 bridgehead atoms. The number of nitrogens with one attached hydrogen (secondary N) is 1. The zero-order chi connectivity index (χ0) is 11.8. The molecule has 3 rings (SSSR count). The lowest BCUT2D eigenvalue weighted by Gasteiger charge is -1.91. The second-order valence-corrected chi connectivity index (χ2v) is 4.07. The van der Waals surface area contributed by atoms with E-state index in [1.807, 2.05) is 6.92 Å². The van der Waals surface area contributed by atoms with E-state index in [0.29, 0.717) is 28.1 Å². The number of hydrogen-bond acceptors (Lipinski definition) is 8. The Hall–Kier alpha value is -2.29. The van der Waals surface area contributed by atoms with E-state index in [4.69, 9.17) is 10.3 Å². The van der Waals surface area contributed by atoms with Gasteiger partial charge in [-0.15, -0.1) is 0 Å². The van der Waals surface area contributed by atoms with E-state index in [0.717, 1.165) is 5.69 Å². The summed E-state index contributed by atoms with van der Waals surface area (Å²) in [5.74, 6) is 1.11. The molecule has 8 nitrogen and oxygen atoms in total. The zero-order valence-electron chi connectivity index (χ0n) is 8.71. The summed E-state index contributed by atoms with van der Waals surface area (Å²) >= 11 is 1.20. The molecule has 0 saturated carbocycles. The first-order valence-electron chi connectivity index (χ1n) is 4.67. The minimum atomic E-state index is 0.333. The quantitative estimate of drug-likeness (QED) is 0.691. The van der Waals surface area contributed by atoms with Crippen LogP contribution in [0.5, 0.6) is 0 Å². The summed E-state index contributed by atoms with van der Waals surface area (Å²) in [6.45, 7) is 1.83. The van der Waals surface area contributed by atoms with E-state index in [2.05, 4.69) is 29.7 Å². The van der Waals surface area contributed by atoms with Gasteiger partial charge in [0.1, 0.15) is 11.3 Å². The van der Waals surface area contributed by atoms with Crippen molar-refractivity contribution in [2.75, 3.05) is 5.73 Å². The highest BCUT2D eigenvalue weighted by atomic mass is 32.1. The summed E-state index contributed by atoms with van der Waals surface area (Å²) in [5, 5.41) is 10.7. The van der Waals surface area contributed by atoms with Gasteiger partial charge in [0.2, 0.25) is 5.82 Å². The lowest BCUT2D eigenvalue weighted by molar-refractivity contribution is 0.432. The second kappa shape index (κ2) is 3.63. The monoisotopic (exact) mass is 249 g/mol. The van der Waals surface area contributed by atoms with Gasteiger partial charge in [-0.25, -0.2) is 4.98 Å². The lowest BCUT2D eigenvalue weighted by Crippen LogP contribution is -1.87. The molecule has 0 radical (unpaired) electrons. The summed E-state index contributed by atoms with van der Waals surface area (Å²) in [4.78, 5) is 8.12. The molecule has 0 aliphatic heterocycles. The van der Waals surface area contributed by atoms with Gasteiger partial charge < -0.3 is 10.3 Å². The van der Waals surface area contributed by atoms with Crippen LogP contribution >= 0.6 is 11.5 Å². The number of nitrogens with two attached hydrogens (primary N) is 1. The molecule has 0 aliphatic carbocycles. The molecule has 3 aromatic heterocycles. The van der Waals surface area contributed by atoms with Crippen LogP contribution in [0.15, 0.2) is 10.9 Å². The van der Waals surface area contributed by atoms with Crippen molar-refractivity contribution in [3.8, 4) is 23.1 Å². The number of nitrogens with zero attached hydrogens (tertiary/aromatic N) is 5. The van der Waals surface area contributed by atoms with Crippen LogP contribution in [0.4, 0.5) is 5.00 Å². The molecule has 3 aromatic rings. The molecule has 0 atom stereocenters. The van der Waals surface area contributed by atoms with Gasteiger partial charge in [0, 0.05) is 0 Å². The van der Waals surface area contributed by atoms with Crippen LogP contribution in [0.25, 0.3) is 23.1 Å². The van der Waals surface area contributed by atoms with E-state index >= 15 is 0 Å². The highest BCUT2D eigenvalue weighted by Crippen LogP contribution is 2.31. The normalized spacial score (nSPS) is 10.9. The molecule has 9 heteroatoms. The van der Waals surface area contributed by atoms with Crippen LogP contribution < -0.4 is 5.73 Å². The molecular formula is C8H7N7OS. The summed E-state index contributed by atoms with van der Waals surface area (Å²) in [6, 6.07) is 0. The zero-order valence-corrected chi connectivity index (χ0v) is 9.52. The summed E-state index contributed by atoms with van der Waals surface area (Å²) in [5.41, 5.74) is 7.23. The Balaban J connectivity index is 2.07. The van der Waals surface area contributed by atoms with Crippen molar-refractivity contribution in [3.05, 3.63) is 12.0 Å². The van der Waals surface area contributed by atoms with Crippen LogP contribution in [0, 0.1) is 6.92 Å². The third-order valence-corrected chi connectivity index (χ3v) is 2.92. The molecule has 86 valence electrons. The molecule has 0 aliphatic rings. The smallest absolute Gasteiger partial charge is 0.263 e. The molecule has 0 amide bonds. The Morgan fingerprint density at radius 1 is 1.47 bits per heavy atom. The lowest BCUT2D eigenvalue weighted by atomic mass is 10.2. The van der Waals surface area contributed by atoms with Gasteiger partial charge in [-0.2, -0.15) is 14.5 Å². The minimum Gasteiger partial charge on any atom is -0.389 e. The molecule has 0 aromatic carbocycles. The predicted octanol–water partition coefficient (Wildman–Crippen LogP) is 0.869. The van der Waals surface area contributed by atoms with E-state index < -0.39 is 0 Å². The van der Waals surface area contributed by atoms with Gasteiger partial charge in [-0.05, 0) is 18.5 Å². The summed E-state index contributed by atoms with van der Waals surface area (Å²) in [6.07, 6.45) is 1.37. The Kier molecular flexibility index (Phi) is 2.11. The third kappa shape index (κ3) is 1.56. The molecule has 17 heavy (non-hydrogen) atoms. The van der Waals surface area contributed by atoms with Crippen molar-refractivity contribution in [2.24, 2.45) is 0 Å². The van der Waals surface area contributed by atoms with Crippen molar-refractivity contribution in [1.29, 1.82) is 0 Å². The SMILES string of the molecule is Cc1nsc(N)c1-c1nc(-c2ncn[nH]2)no1. The van der Waals surface area contributed by atoms with E-state index in [-0.39, 0.29) is 0 Å². The molecule has 0 fully saturated rings.